The topological polar surface area (TPSA) is 266 Å². The van der Waals surface area contributed by atoms with Gasteiger partial charge in [0, 0.05) is 23.3 Å². The highest BCUT2D eigenvalue weighted by atomic mass is 32.2. The average Bonchev–Trinajstić information content (AvgIpc) is 3.38. The minimum absolute atomic E-state index is 0.0461. The molecular formula is C23H25N7O10S3. The smallest absolute Gasteiger partial charge is 0.352 e. The van der Waals surface area contributed by atoms with Gasteiger partial charge in [-0.25, -0.2) is 23.0 Å². The zero-order chi connectivity index (χ0) is 31.5. The highest BCUT2D eigenvalue weighted by Crippen LogP contribution is 2.40. The maximum Gasteiger partial charge on any atom is 0.352 e. The summed E-state index contributed by atoms with van der Waals surface area (Å²) in [6.45, 7) is -0.637. The number of carboxylic acids is 1. The molecular weight excluding hydrogens is 630 g/mol. The Bertz CT molecular complexity index is 1640. The van der Waals surface area contributed by atoms with Crippen molar-refractivity contribution in [3.8, 4) is 5.75 Å². The van der Waals surface area contributed by atoms with Crippen LogP contribution in [0.4, 0.5) is 10.8 Å². The summed E-state index contributed by atoms with van der Waals surface area (Å²) in [4.78, 5) is 60.3. The second-order valence-electron chi connectivity index (χ2n) is 8.83. The normalized spacial score (nSPS) is 18.4. The molecule has 0 saturated carbocycles. The number of aromatic hydroxyl groups is 1. The van der Waals surface area contributed by atoms with Crippen LogP contribution in [0.25, 0.3) is 0 Å². The molecule has 3 heterocycles. The van der Waals surface area contributed by atoms with E-state index in [2.05, 4.69) is 20.2 Å². The minimum Gasteiger partial charge on any atom is -0.506 e. The first-order chi connectivity index (χ1) is 20.4. The van der Waals surface area contributed by atoms with E-state index in [0.29, 0.717) is 0 Å². The first kappa shape index (κ1) is 31.5. The van der Waals surface area contributed by atoms with E-state index >= 15 is 0 Å². The van der Waals surface area contributed by atoms with E-state index in [1.54, 1.807) is 0 Å². The summed E-state index contributed by atoms with van der Waals surface area (Å²) in [7, 11) is -2.58. The van der Waals surface area contributed by atoms with Crippen LogP contribution in [0.3, 0.4) is 0 Å². The number of benzene rings is 1. The van der Waals surface area contributed by atoms with Gasteiger partial charge in [0.1, 0.15) is 42.3 Å². The molecule has 0 spiro atoms. The maximum absolute atomic E-state index is 13.0. The van der Waals surface area contributed by atoms with Crippen molar-refractivity contribution in [2.45, 2.75) is 11.4 Å². The molecule has 0 bridgehead atoms. The first-order valence-corrected chi connectivity index (χ1v) is 15.7. The number of phenols is 1. The molecule has 2 amide bonds. The van der Waals surface area contributed by atoms with E-state index in [4.69, 9.17) is 21.0 Å². The predicted molar refractivity (Wildman–Crippen MR) is 155 cm³/mol. The zero-order valence-electron chi connectivity index (χ0n) is 22.2. The summed E-state index contributed by atoms with van der Waals surface area (Å²) < 4.78 is 31.1. The number of ether oxygens (including phenoxy) is 1. The fourth-order valence-electron chi connectivity index (χ4n) is 4.05. The van der Waals surface area contributed by atoms with Crippen LogP contribution in [0.2, 0.25) is 0 Å². The van der Waals surface area contributed by atoms with Gasteiger partial charge in [-0.1, -0.05) is 5.16 Å². The second kappa shape index (κ2) is 12.9. The largest absolute Gasteiger partial charge is 0.506 e. The Morgan fingerprint density at radius 3 is 2.65 bits per heavy atom. The third kappa shape index (κ3) is 6.82. The molecule has 2 aliphatic rings. The van der Waals surface area contributed by atoms with Crippen LogP contribution in [-0.4, -0.2) is 101 Å². The number of hydrogen-bond donors (Lipinski definition) is 6. The molecule has 1 fully saturated rings. The minimum atomic E-state index is -3.81. The summed E-state index contributed by atoms with van der Waals surface area (Å²) in [6, 6.07) is 2.25. The van der Waals surface area contributed by atoms with Crippen molar-refractivity contribution in [2.75, 3.05) is 42.2 Å². The van der Waals surface area contributed by atoms with Gasteiger partial charge >= 0.3 is 11.9 Å². The number of aliphatic carboxylic acids is 1. The number of carboxylic acid groups (broad SMARTS) is 1. The molecule has 20 heteroatoms. The SMILES string of the molecule is CO/N=C(\C(=O)NC1C(=O)N2C(C(=O)O)=C(COC(=O)c3ccc(NS(=O)(=O)CCN)c(O)c3)CS[C@H]12)c1csc(N)n1. The van der Waals surface area contributed by atoms with Crippen LogP contribution < -0.4 is 21.5 Å². The van der Waals surface area contributed by atoms with Gasteiger partial charge < -0.3 is 36.6 Å². The molecule has 4 rings (SSSR count). The van der Waals surface area contributed by atoms with Gasteiger partial charge in [0.15, 0.2) is 10.8 Å². The lowest BCUT2D eigenvalue weighted by Crippen LogP contribution is -2.71. The van der Waals surface area contributed by atoms with E-state index in [1.807, 2.05) is 0 Å². The van der Waals surface area contributed by atoms with Crippen molar-refractivity contribution in [3.63, 3.8) is 0 Å². The van der Waals surface area contributed by atoms with E-state index in [1.165, 1.54) is 18.6 Å². The number of carbonyl (C=O) groups excluding carboxylic acids is 3. The summed E-state index contributed by atoms with van der Waals surface area (Å²) in [5.74, 6) is -4.76. The molecule has 1 saturated heterocycles. The number of rotatable bonds is 12. The zero-order valence-corrected chi connectivity index (χ0v) is 24.6. The highest BCUT2D eigenvalue weighted by molar-refractivity contribution is 8.00. The van der Waals surface area contributed by atoms with Gasteiger partial charge in [-0.2, -0.15) is 0 Å². The molecule has 1 aromatic carbocycles. The molecule has 1 unspecified atom stereocenters. The number of anilines is 2. The number of carbonyl (C=O) groups is 4. The van der Waals surface area contributed by atoms with E-state index < -0.39 is 63.2 Å². The number of nitrogens with zero attached hydrogens (tertiary/aromatic N) is 3. The number of fused-ring (bicyclic) bond motifs is 1. The molecule has 2 atom stereocenters. The average molecular weight is 656 g/mol. The first-order valence-electron chi connectivity index (χ1n) is 12.1. The third-order valence-corrected chi connectivity index (χ3v) is 9.28. The Labute approximate surface area is 251 Å². The fraction of sp³-hybridized carbons (Fsp3) is 0.304. The lowest BCUT2D eigenvalue weighted by atomic mass is 10.0. The van der Waals surface area contributed by atoms with Crippen molar-refractivity contribution in [1.82, 2.24) is 15.2 Å². The Morgan fingerprint density at radius 2 is 2.05 bits per heavy atom. The maximum atomic E-state index is 13.0. The molecule has 8 N–H and O–H groups in total. The summed E-state index contributed by atoms with van der Waals surface area (Å²) >= 11 is 2.21. The van der Waals surface area contributed by atoms with Crippen molar-refractivity contribution >= 4 is 73.4 Å². The van der Waals surface area contributed by atoms with Crippen molar-refractivity contribution < 1.29 is 47.4 Å². The Kier molecular flexibility index (Phi) is 9.43. The molecule has 0 radical (unpaired) electrons. The van der Waals surface area contributed by atoms with E-state index in [9.17, 15) is 37.8 Å². The number of oxime groups is 1. The van der Waals surface area contributed by atoms with Crippen LogP contribution in [0.1, 0.15) is 16.1 Å². The number of phenolic OH excluding ortho intramolecular Hbond substituents is 1. The van der Waals surface area contributed by atoms with Crippen LogP contribution >= 0.6 is 23.1 Å². The number of aromatic nitrogens is 1. The fourth-order valence-corrected chi connectivity index (χ4v) is 6.85. The molecule has 17 nitrogen and oxygen atoms in total. The van der Waals surface area contributed by atoms with E-state index in [0.717, 1.165) is 40.1 Å². The van der Waals surface area contributed by atoms with Gasteiger partial charge in [0.2, 0.25) is 10.0 Å². The number of nitrogens with two attached hydrogens (primary N) is 2. The van der Waals surface area contributed by atoms with Gasteiger partial charge in [-0.05, 0) is 18.2 Å². The lowest BCUT2D eigenvalue weighted by molar-refractivity contribution is -0.150. The van der Waals surface area contributed by atoms with Crippen LogP contribution in [0.15, 0.2) is 40.0 Å². The molecule has 1 aromatic heterocycles. The number of β-lactam (4-membered cyclic amide) rings is 1. The monoisotopic (exact) mass is 655 g/mol. The standard InChI is InChI=1S/C23H25N7O10S3/c1-39-28-15(13-9-42-23(25)26-13)18(32)27-16-19(33)30-17(21(34)35)11(8-41-20(16)30)7-40-22(36)10-2-3-12(14(31)6-10)29-43(37,38)5-4-24/h2-3,6,9,16,20,29,31H,4-5,7-8,24H2,1H3,(H2,25,26)(H,27,32)(H,34,35)/b28-15-/t16?,20-/m1/s1. The molecule has 43 heavy (non-hydrogen) atoms. The number of nitrogens with one attached hydrogen (secondary N) is 2. The number of hydrogen-bond acceptors (Lipinski definition) is 15. The molecule has 0 aliphatic carbocycles. The lowest BCUT2D eigenvalue weighted by Gasteiger charge is -2.49. The van der Waals surface area contributed by atoms with Crippen LogP contribution in [0.5, 0.6) is 5.75 Å². The van der Waals surface area contributed by atoms with Crippen molar-refractivity contribution in [3.05, 3.63) is 46.1 Å². The molecule has 230 valence electrons. The van der Waals surface area contributed by atoms with Crippen LogP contribution in [0, 0.1) is 0 Å². The number of nitrogen functional groups attached to an aromatic ring is 1. The number of thioether (sulfide) groups is 1. The molecule has 2 aromatic rings. The quantitative estimate of drug-likeness (QED) is 0.0531. The summed E-state index contributed by atoms with van der Waals surface area (Å²) in [5, 5.41) is 27.1. The number of esters is 1. The second-order valence-corrected chi connectivity index (χ2v) is 12.7. The summed E-state index contributed by atoms with van der Waals surface area (Å²) in [6.07, 6.45) is 0. The van der Waals surface area contributed by atoms with Crippen molar-refractivity contribution in [1.29, 1.82) is 0 Å². The number of amides is 2. The Morgan fingerprint density at radius 1 is 1.30 bits per heavy atom. The van der Waals surface area contributed by atoms with Crippen molar-refractivity contribution in [2.24, 2.45) is 10.9 Å². The highest BCUT2D eigenvalue weighted by Gasteiger charge is 2.54. The van der Waals surface area contributed by atoms with Gasteiger partial charge in [0.25, 0.3) is 11.8 Å². The van der Waals surface area contributed by atoms with Gasteiger partial charge in [0.05, 0.1) is 17.0 Å². The Hall–Kier alpha value is -4.40. The Balaban J connectivity index is 1.44. The van der Waals surface area contributed by atoms with Crippen LogP contribution in [-0.2, 0) is 34.0 Å². The van der Waals surface area contributed by atoms with Gasteiger partial charge in [-0.15, -0.1) is 23.1 Å². The predicted octanol–water partition coefficient (Wildman–Crippen LogP) is -0.923. The molecule has 2 aliphatic heterocycles. The summed E-state index contributed by atoms with van der Waals surface area (Å²) in [5.41, 5.74) is 10.2. The number of sulfonamides is 1. The number of thiazole rings is 1. The van der Waals surface area contributed by atoms with E-state index in [-0.39, 0.29) is 51.4 Å². The van der Waals surface area contributed by atoms with Gasteiger partial charge in [-0.3, -0.25) is 19.2 Å². The third-order valence-electron chi connectivity index (χ3n) is 5.96.